The molecule has 0 saturated carbocycles. The topological polar surface area (TPSA) is 68.2 Å². The Bertz CT molecular complexity index is 951. The van der Waals surface area contributed by atoms with E-state index in [0.29, 0.717) is 46.6 Å². The van der Waals surface area contributed by atoms with Crippen LogP contribution in [0.5, 0.6) is 5.75 Å². The molecule has 0 radical (unpaired) electrons. The van der Waals surface area contributed by atoms with E-state index < -0.39 is 21.3 Å². The van der Waals surface area contributed by atoms with Crippen LogP contribution >= 0.6 is 23.2 Å². The molecule has 1 heterocycles. The highest BCUT2D eigenvalue weighted by Gasteiger charge is 2.31. The minimum absolute atomic E-state index is 0.0536. The van der Waals surface area contributed by atoms with Crippen molar-refractivity contribution in [2.75, 3.05) is 19.7 Å². The molecule has 0 aliphatic carbocycles. The molecule has 1 aliphatic heterocycles. The Hall–Kier alpha value is -1.57. The van der Waals surface area contributed by atoms with Gasteiger partial charge in [0.1, 0.15) is 28.9 Å². The van der Waals surface area contributed by atoms with Gasteiger partial charge in [-0.1, -0.05) is 35.9 Å². The van der Waals surface area contributed by atoms with Crippen LogP contribution in [0.25, 0.3) is 0 Å². The van der Waals surface area contributed by atoms with E-state index in [1.165, 1.54) is 0 Å². The van der Waals surface area contributed by atoms with Crippen LogP contribution in [-0.4, -0.2) is 51.0 Å². The van der Waals surface area contributed by atoms with Crippen LogP contribution < -0.4 is 4.74 Å². The SMILES string of the molecule is C=CCOc1cc(Cl)c(Cl)cc1C(=N[S@@](=O)C(C)(C)C)C1CCCN(C(=O)OC(C)(C)C)CC1. The lowest BCUT2D eigenvalue weighted by atomic mass is 9.90. The van der Waals surface area contributed by atoms with Crippen molar-refractivity contribution in [3.05, 3.63) is 40.4 Å². The molecule has 0 N–H and O–H groups in total. The van der Waals surface area contributed by atoms with Gasteiger partial charge in [-0.2, -0.15) is 4.40 Å². The number of carbonyl (C=O) groups excluding carboxylic acids is 1. The molecule has 1 aromatic carbocycles. The van der Waals surface area contributed by atoms with Crippen molar-refractivity contribution < 1.29 is 18.5 Å². The van der Waals surface area contributed by atoms with Crippen LogP contribution in [-0.2, 0) is 15.7 Å². The highest BCUT2D eigenvalue weighted by atomic mass is 35.5. The number of benzene rings is 1. The fourth-order valence-electron chi connectivity index (χ4n) is 3.45. The molecule has 2 atom stereocenters. The summed E-state index contributed by atoms with van der Waals surface area (Å²) in [5.41, 5.74) is 0.748. The number of nitrogens with zero attached hydrogens (tertiary/aromatic N) is 2. The van der Waals surface area contributed by atoms with Crippen LogP contribution in [0, 0.1) is 5.92 Å². The standard InChI is InChI=1S/C25H36Cl2N2O4S/c1-8-14-32-21-16-20(27)19(26)15-18(21)22(28-34(31)25(5,6)7)17-10-9-12-29(13-11-17)23(30)33-24(2,3)4/h8,15-17H,1,9-14H2,2-7H3/t17?,34-/m0/s1. The van der Waals surface area contributed by atoms with Gasteiger partial charge in [-0.15, -0.1) is 0 Å². The average Bonchev–Trinajstić information content (AvgIpc) is 2.97. The van der Waals surface area contributed by atoms with E-state index in [2.05, 4.69) is 6.58 Å². The number of halogens is 2. The first-order valence-electron chi connectivity index (χ1n) is 11.4. The Labute approximate surface area is 216 Å². The second kappa shape index (κ2) is 11.9. The molecule has 1 amide bonds. The van der Waals surface area contributed by atoms with Crippen molar-refractivity contribution >= 4 is 46.0 Å². The summed E-state index contributed by atoms with van der Waals surface area (Å²) in [6.45, 7) is 16.3. The molecule has 1 aliphatic rings. The number of hydrogen-bond donors (Lipinski definition) is 0. The van der Waals surface area contributed by atoms with Gasteiger partial charge < -0.3 is 14.4 Å². The predicted octanol–water partition coefficient (Wildman–Crippen LogP) is 6.85. The molecule has 34 heavy (non-hydrogen) atoms. The lowest BCUT2D eigenvalue weighted by molar-refractivity contribution is 0.0256. The first-order chi connectivity index (χ1) is 15.7. The molecule has 0 aromatic heterocycles. The lowest BCUT2D eigenvalue weighted by Gasteiger charge is -2.26. The summed E-state index contributed by atoms with van der Waals surface area (Å²) in [7, 11) is -1.50. The van der Waals surface area contributed by atoms with Gasteiger partial charge in [0.05, 0.1) is 20.5 Å². The van der Waals surface area contributed by atoms with Crippen molar-refractivity contribution in [2.24, 2.45) is 10.3 Å². The molecular weight excluding hydrogens is 495 g/mol. The van der Waals surface area contributed by atoms with Crippen molar-refractivity contribution in [2.45, 2.75) is 71.2 Å². The fraction of sp³-hybridized carbons (Fsp3) is 0.600. The monoisotopic (exact) mass is 530 g/mol. The molecule has 1 saturated heterocycles. The van der Waals surface area contributed by atoms with Gasteiger partial charge in [0, 0.05) is 30.6 Å². The lowest BCUT2D eigenvalue weighted by Crippen LogP contribution is -2.37. The van der Waals surface area contributed by atoms with Crippen molar-refractivity contribution in [3.63, 3.8) is 0 Å². The Morgan fingerprint density at radius 3 is 2.41 bits per heavy atom. The first-order valence-corrected chi connectivity index (χ1v) is 13.3. The summed E-state index contributed by atoms with van der Waals surface area (Å²) in [5.74, 6) is 0.453. The van der Waals surface area contributed by atoms with E-state index in [9.17, 15) is 9.00 Å². The number of rotatable bonds is 6. The molecule has 1 unspecified atom stereocenters. The van der Waals surface area contributed by atoms with Gasteiger partial charge in [0.25, 0.3) is 0 Å². The zero-order valence-corrected chi connectivity index (χ0v) is 23.3. The molecule has 1 fully saturated rings. The number of ether oxygens (including phenoxy) is 2. The maximum atomic E-state index is 13.1. The zero-order chi connectivity index (χ0) is 25.7. The maximum Gasteiger partial charge on any atom is 0.410 e. The normalized spacial score (nSPS) is 18.8. The summed E-state index contributed by atoms with van der Waals surface area (Å²) in [6.07, 6.45) is 3.48. The molecule has 6 nitrogen and oxygen atoms in total. The Morgan fingerprint density at radius 2 is 1.82 bits per heavy atom. The number of hydrogen-bond acceptors (Lipinski definition) is 4. The number of amides is 1. The largest absolute Gasteiger partial charge is 0.489 e. The van der Waals surface area contributed by atoms with E-state index in [0.717, 1.165) is 12.8 Å². The molecule has 190 valence electrons. The third kappa shape index (κ3) is 8.28. The molecule has 0 bridgehead atoms. The molecule has 9 heteroatoms. The molecule has 2 rings (SSSR count). The van der Waals surface area contributed by atoms with Gasteiger partial charge in [0.15, 0.2) is 0 Å². The van der Waals surface area contributed by atoms with Crippen LogP contribution in [0.3, 0.4) is 0 Å². The summed E-state index contributed by atoms with van der Waals surface area (Å²) in [6, 6.07) is 3.37. The first kappa shape index (κ1) is 28.7. The smallest absolute Gasteiger partial charge is 0.410 e. The van der Waals surface area contributed by atoms with E-state index in [1.54, 1.807) is 23.1 Å². The van der Waals surface area contributed by atoms with Crippen LogP contribution in [0.4, 0.5) is 4.79 Å². The molecular formula is C25H36Cl2N2O4S. The van der Waals surface area contributed by atoms with E-state index in [4.69, 9.17) is 37.1 Å². The van der Waals surface area contributed by atoms with Gasteiger partial charge >= 0.3 is 6.09 Å². The Kier molecular flexibility index (Phi) is 10.0. The summed E-state index contributed by atoms with van der Waals surface area (Å²) < 4.78 is 28.7. The van der Waals surface area contributed by atoms with Crippen molar-refractivity contribution in [1.82, 2.24) is 4.90 Å². The quantitative estimate of drug-likeness (QED) is 0.298. The molecule has 1 aromatic rings. The summed E-state index contributed by atoms with van der Waals surface area (Å²) in [4.78, 5) is 14.4. The number of carbonyl (C=O) groups is 1. The second-order valence-corrected chi connectivity index (χ2v) is 13.0. The van der Waals surface area contributed by atoms with Crippen LogP contribution in [0.15, 0.2) is 29.2 Å². The van der Waals surface area contributed by atoms with E-state index in [-0.39, 0.29) is 18.6 Å². The predicted molar refractivity (Wildman–Crippen MR) is 142 cm³/mol. The fourth-order valence-corrected chi connectivity index (χ4v) is 4.46. The summed E-state index contributed by atoms with van der Waals surface area (Å²) >= 11 is 12.7. The van der Waals surface area contributed by atoms with Gasteiger partial charge in [-0.25, -0.2) is 9.00 Å². The average molecular weight is 532 g/mol. The van der Waals surface area contributed by atoms with Crippen molar-refractivity contribution in [3.8, 4) is 5.75 Å². The highest BCUT2D eigenvalue weighted by molar-refractivity contribution is 7.85. The van der Waals surface area contributed by atoms with E-state index in [1.807, 2.05) is 41.5 Å². The maximum absolute atomic E-state index is 13.1. The van der Waals surface area contributed by atoms with Gasteiger partial charge in [-0.05, 0) is 66.9 Å². The minimum Gasteiger partial charge on any atom is -0.489 e. The minimum atomic E-state index is -1.50. The summed E-state index contributed by atoms with van der Waals surface area (Å²) in [5, 5.41) is 0.721. The second-order valence-electron chi connectivity index (χ2n) is 10.3. The van der Waals surface area contributed by atoms with Crippen LogP contribution in [0.2, 0.25) is 10.0 Å². The zero-order valence-electron chi connectivity index (χ0n) is 21.0. The highest BCUT2D eigenvalue weighted by Crippen LogP contribution is 2.35. The van der Waals surface area contributed by atoms with E-state index >= 15 is 0 Å². The Balaban J connectivity index is 2.47. The Morgan fingerprint density at radius 1 is 1.18 bits per heavy atom. The van der Waals surface area contributed by atoms with Crippen molar-refractivity contribution in [1.29, 1.82) is 0 Å². The third-order valence-corrected chi connectivity index (χ3v) is 7.26. The molecule has 0 spiro atoms. The van der Waals surface area contributed by atoms with Crippen LogP contribution in [0.1, 0.15) is 66.4 Å². The third-order valence-electron chi connectivity index (χ3n) is 5.13. The number of likely N-dealkylation sites (tertiary alicyclic amines) is 1. The van der Waals surface area contributed by atoms with Gasteiger partial charge in [0.2, 0.25) is 0 Å². The van der Waals surface area contributed by atoms with Gasteiger partial charge in [-0.3, -0.25) is 0 Å².